The Kier molecular flexibility index (Phi) is 4.22. The number of aromatic nitrogens is 2. The third-order valence-electron chi connectivity index (χ3n) is 3.67. The molecule has 3 aromatic rings. The highest BCUT2D eigenvalue weighted by atomic mass is 14.9. The predicted octanol–water partition coefficient (Wildman–Crippen LogP) is 3.52. The second kappa shape index (κ2) is 6.46. The van der Waals surface area contributed by atoms with Gasteiger partial charge >= 0.3 is 0 Å². The molecular formula is C18H19N3. The maximum Gasteiger partial charge on any atom is 0.0654 e. The summed E-state index contributed by atoms with van der Waals surface area (Å²) in [6, 6.07) is 14.8. The largest absolute Gasteiger partial charge is 0.309 e. The molecule has 0 saturated heterocycles. The van der Waals surface area contributed by atoms with Crippen LogP contribution in [0.15, 0.2) is 61.1 Å². The Morgan fingerprint density at radius 2 is 1.81 bits per heavy atom. The molecule has 1 atom stereocenters. The van der Waals surface area contributed by atoms with Gasteiger partial charge in [0.15, 0.2) is 0 Å². The van der Waals surface area contributed by atoms with Crippen molar-refractivity contribution in [3.8, 4) is 0 Å². The molecule has 3 nitrogen and oxygen atoms in total. The fraction of sp³-hybridized carbons (Fsp3) is 0.222. The average molecular weight is 277 g/mol. The summed E-state index contributed by atoms with van der Waals surface area (Å²) in [5.74, 6) is 0. The zero-order chi connectivity index (χ0) is 14.5. The Bertz CT molecular complexity index is 704. The first kappa shape index (κ1) is 13.7. The van der Waals surface area contributed by atoms with Gasteiger partial charge in [-0.3, -0.25) is 9.97 Å². The number of nitrogens with zero attached hydrogens (tertiary/aromatic N) is 2. The molecule has 0 aliphatic rings. The van der Waals surface area contributed by atoms with Gasteiger partial charge < -0.3 is 5.32 Å². The highest BCUT2D eigenvalue weighted by molar-refractivity contribution is 5.84. The molecule has 1 unspecified atom stereocenters. The lowest BCUT2D eigenvalue weighted by Gasteiger charge is -2.19. The Morgan fingerprint density at radius 1 is 1.00 bits per heavy atom. The fourth-order valence-electron chi connectivity index (χ4n) is 2.69. The van der Waals surface area contributed by atoms with Crippen molar-refractivity contribution >= 4 is 10.8 Å². The summed E-state index contributed by atoms with van der Waals surface area (Å²) in [6.45, 7) is 3.05. The van der Waals surface area contributed by atoms with Crippen LogP contribution in [0.3, 0.4) is 0 Å². The van der Waals surface area contributed by atoms with Crippen LogP contribution < -0.4 is 5.32 Å². The van der Waals surface area contributed by atoms with E-state index in [1.165, 1.54) is 16.3 Å². The van der Waals surface area contributed by atoms with Crippen LogP contribution in [0.1, 0.15) is 24.2 Å². The number of hydrogen-bond acceptors (Lipinski definition) is 3. The lowest BCUT2D eigenvalue weighted by atomic mass is 9.99. The molecule has 2 heterocycles. The van der Waals surface area contributed by atoms with Gasteiger partial charge in [0.05, 0.1) is 11.7 Å². The van der Waals surface area contributed by atoms with Crippen molar-refractivity contribution in [1.29, 1.82) is 0 Å². The number of benzene rings is 1. The zero-order valence-electron chi connectivity index (χ0n) is 12.2. The second-order valence-corrected chi connectivity index (χ2v) is 5.09. The van der Waals surface area contributed by atoms with Gasteiger partial charge in [0.25, 0.3) is 0 Å². The number of fused-ring (bicyclic) bond motifs is 1. The quantitative estimate of drug-likeness (QED) is 0.775. The molecule has 106 valence electrons. The molecule has 21 heavy (non-hydrogen) atoms. The minimum atomic E-state index is 0.212. The summed E-state index contributed by atoms with van der Waals surface area (Å²) < 4.78 is 0. The van der Waals surface area contributed by atoms with Crippen LogP contribution in [0.5, 0.6) is 0 Å². The van der Waals surface area contributed by atoms with E-state index in [1.54, 1.807) is 0 Å². The standard InChI is InChI=1S/C18H19N3/c1-2-20-17(13-14-7-10-19-11-8-14)18-16-6-4-3-5-15(16)9-12-21-18/h3-12,17,20H,2,13H2,1H3. The van der Waals surface area contributed by atoms with Gasteiger partial charge in [0.2, 0.25) is 0 Å². The topological polar surface area (TPSA) is 37.8 Å². The average Bonchev–Trinajstić information content (AvgIpc) is 2.55. The summed E-state index contributed by atoms with van der Waals surface area (Å²) in [6.07, 6.45) is 6.50. The summed E-state index contributed by atoms with van der Waals surface area (Å²) in [4.78, 5) is 8.73. The molecule has 0 bridgehead atoms. The molecule has 0 radical (unpaired) electrons. The highest BCUT2D eigenvalue weighted by Gasteiger charge is 2.15. The monoisotopic (exact) mass is 277 g/mol. The third-order valence-corrected chi connectivity index (χ3v) is 3.67. The first-order valence-corrected chi connectivity index (χ1v) is 7.34. The minimum absolute atomic E-state index is 0.212. The van der Waals surface area contributed by atoms with E-state index in [0.717, 1.165) is 18.7 Å². The lowest BCUT2D eigenvalue weighted by molar-refractivity contribution is 0.540. The van der Waals surface area contributed by atoms with Crippen molar-refractivity contribution in [3.05, 3.63) is 72.3 Å². The lowest BCUT2D eigenvalue weighted by Crippen LogP contribution is -2.24. The maximum absolute atomic E-state index is 4.64. The van der Waals surface area contributed by atoms with E-state index in [9.17, 15) is 0 Å². The normalized spacial score (nSPS) is 12.4. The molecule has 0 fully saturated rings. The summed E-state index contributed by atoms with van der Waals surface area (Å²) in [5.41, 5.74) is 2.39. The molecule has 3 rings (SSSR count). The van der Waals surface area contributed by atoms with E-state index in [-0.39, 0.29) is 6.04 Å². The first-order chi connectivity index (χ1) is 10.4. The van der Waals surface area contributed by atoms with Crippen LogP contribution in [0, 0.1) is 0 Å². The van der Waals surface area contributed by atoms with Gasteiger partial charge in [-0.15, -0.1) is 0 Å². The molecule has 0 aliphatic carbocycles. The van der Waals surface area contributed by atoms with E-state index < -0.39 is 0 Å². The van der Waals surface area contributed by atoms with Gasteiger partial charge in [-0.25, -0.2) is 0 Å². The third kappa shape index (κ3) is 3.09. The van der Waals surface area contributed by atoms with Crippen LogP contribution in [0.2, 0.25) is 0 Å². The number of hydrogen-bond donors (Lipinski definition) is 1. The Balaban J connectivity index is 1.99. The molecule has 0 amide bonds. The van der Waals surface area contributed by atoms with Crippen LogP contribution in [-0.4, -0.2) is 16.5 Å². The van der Waals surface area contributed by atoms with Crippen LogP contribution >= 0.6 is 0 Å². The second-order valence-electron chi connectivity index (χ2n) is 5.09. The Labute approximate surface area is 125 Å². The van der Waals surface area contributed by atoms with Crippen LogP contribution in [-0.2, 0) is 6.42 Å². The molecule has 0 spiro atoms. The van der Waals surface area contributed by atoms with E-state index in [1.807, 2.05) is 18.6 Å². The fourth-order valence-corrected chi connectivity index (χ4v) is 2.69. The Morgan fingerprint density at radius 3 is 2.62 bits per heavy atom. The molecule has 1 N–H and O–H groups in total. The molecule has 0 aliphatic heterocycles. The number of pyridine rings is 2. The summed E-state index contributed by atoms with van der Waals surface area (Å²) >= 11 is 0. The van der Waals surface area contributed by atoms with Gasteiger partial charge in [-0.2, -0.15) is 0 Å². The summed E-state index contributed by atoms with van der Waals surface area (Å²) in [7, 11) is 0. The van der Waals surface area contributed by atoms with Crippen molar-refractivity contribution in [2.75, 3.05) is 6.54 Å². The number of rotatable bonds is 5. The molecule has 2 aromatic heterocycles. The van der Waals surface area contributed by atoms with Crippen molar-refractivity contribution in [1.82, 2.24) is 15.3 Å². The van der Waals surface area contributed by atoms with Crippen molar-refractivity contribution in [2.45, 2.75) is 19.4 Å². The molecule has 0 saturated carbocycles. The number of nitrogens with one attached hydrogen (secondary N) is 1. The van der Waals surface area contributed by atoms with Crippen molar-refractivity contribution in [3.63, 3.8) is 0 Å². The summed E-state index contributed by atoms with van der Waals surface area (Å²) in [5, 5.41) is 6.02. The van der Waals surface area contributed by atoms with E-state index in [0.29, 0.717) is 0 Å². The van der Waals surface area contributed by atoms with E-state index >= 15 is 0 Å². The zero-order valence-corrected chi connectivity index (χ0v) is 12.2. The molecule has 1 aromatic carbocycles. The molecule has 3 heteroatoms. The van der Waals surface area contributed by atoms with Crippen LogP contribution in [0.4, 0.5) is 0 Å². The highest BCUT2D eigenvalue weighted by Crippen LogP contribution is 2.24. The van der Waals surface area contributed by atoms with Crippen molar-refractivity contribution < 1.29 is 0 Å². The van der Waals surface area contributed by atoms with Gasteiger partial charge in [0, 0.05) is 24.0 Å². The molecular weight excluding hydrogens is 258 g/mol. The minimum Gasteiger partial charge on any atom is -0.309 e. The van der Waals surface area contributed by atoms with Crippen molar-refractivity contribution in [2.24, 2.45) is 0 Å². The maximum atomic E-state index is 4.64. The van der Waals surface area contributed by atoms with E-state index in [4.69, 9.17) is 0 Å². The SMILES string of the molecule is CCNC(Cc1ccncc1)c1nccc2ccccc12. The van der Waals surface area contributed by atoms with E-state index in [2.05, 4.69) is 64.7 Å². The predicted molar refractivity (Wildman–Crippen MR) is 86.1 cm³/mol. The van der Waals surface area contributed by atoms with Gasteiger partial charge in [-0.1, -0.05) is 31.2 Å². The van der Waals surface area contributed by atoms with Gasteiger partial charge in [0.1, 0.15) is 0 Å². The Hall–Kier alpha value is -2.26. The smallest absolute Gasteiger partial charge is 0.0654 e. The number of likely N-dealkylation sites (N-methyl/N-ethyl adjacent to an activating group) is 1. The van der Waals surface area contributed by atoms with Gasteiger partial charge in [-0.05, 0) is 42.1 Å². The van der Waals surface area contributed by atoms with Crippen LogP contribution in [0.25, 0.3) is 10.8 Å². The first-order valence-electron chi connectivity index (χ1n) is 7.34.